The summed E-state index contributed by atoms with van der Waals surface area (Å²) in [5.41, 5.74) is -0.101. The van der Waals surface area contributed by atoms with E-state index < -0.39 is 17.6 Å². The van der Waals surface area contributed by atoms with Crippen molar-refractivity contribution in [3.63, 3.8) is 0 Å². The fourth-order valence-electron chi connectivity index (χ4n) is 1.70. The average Bonchev–Trinajstić information content (AvgIpc) is 2.26. The first-order chi connectivity index (χ1) is 8.84. The van der Waals surface area contributed by atoms with Crippen LogP contribution in [0.1, 0.15) is 16.7 Å². The summed E-state index contributed by atoms with van der Waals surface area (Å²) in [7, 11) is 0. The van der Waals surface area contributed by atoms with Crippen LogP contribution in [0.15, 0.2) is 36.5 Å². The largest absolute Gasteiger partial charge is 0.416 e. The van der Waals surface area contributed by atoms with Crippen LogP contribution in [0.25, 0.3) is 0 Å². The SMILES string of the molecule is Fc1cc(Cc2ccnc(Cl)c2)cc(C(F)(F)F)c1. The van der Waals surface area contributed by atoms with Crippen molar-refractivity contribution < 1.29 is 17.6 Å². The third-order valence-electron chi connectivity index (χ3n) is 2.48. The van der Waals surface area contributed by atoms with Gasteiger partial charge in [0, 0.05) is 6.20 Å². The van der Waals surface area contributed by atoms with Crippen molar-refractivity contribution in [1.29, 1.82) is 0 Å². The molecule has 0 bridgehead atoms. The zero-order valence-corrected chi connectivity index (χ0v) is 10.3. The van der Waals surface area contributed by atoms with Gasteiger partial charge in [-0.05, 0) is 47.9 Å². The lowest BCUT2D eigenvalue weighted by atomic mass is 10.0. The van der Waals surface area contributed by atoms with Gasteiger partial charge in [-0.15, -0.1) is 0 Å². The van der Waals surface area contributed by atoms with Crippen LogP contribution >= 0.6 is 11.6 Å². The first-order valence-electron chi connectivity index (χ1n) is 5.32. The van der Waals surface area contributed by atoms with Gasteiger partial charge in [0.1, 0.15) is 11.0 Å². The Kier molecular flexibility index (Phi) is 3.75. The maximum absolute atomic E-state index is 13.2. The molecule has 1 nitrogen and oxygen atoms in total. The van der Waals surface area contributed by atoms with Crippen LogP contribution in [-0.2, 0) is 12.6 Å². The Balaban J connectivity index is 2.33. The van der Waals surface area contributed by atoms with Gasteiger partial charge in [0.2, 0.25) is 0 Å². The molecule has 0 aliphatic heterocycles. The van der Waals surface area contributed by atoms with Gasteiger partial charge in [0.25, 0.3) is 0 Å². The fourth-order valence-corrected chi connectivity index (χ4v) is 1.90. The molecule has 0 N–H and O–H groups in total. The molecule has 100 valence electrons. The quantitative estimate of drug-likeness (QED) is 0.586. The molecule has 0 saturated heterocycles. The Bertz CT molecular complexity index is 595. The number of halogens is 5. The van der Waals surface area contributed by atoms with E-state index in [0.717, 1.165) is 12.1 Å². The molecule has 0 aliphatic rings. The van der Waals surface area contributed by atoms with E-state index in [9.17, 15) is 17.6 Å². The molecule has 0 spiro atoms. The van der Waals surface area contributed by atoms with Crippen LogP contribution in [0.4, 0.5) is 17.6 Å². The van der Waals surface area contributed by atoms with E-state index in [0.29, 0.717) is 11.6 Å². The predicted octanol–water partition coefficient (Wildman–Crippen LogP) is 4.48. The number of alkyl halides is 3. The van der Waals surface area contributed by atoms with Crippen LogP contribution in [0.3, 0.4) is 0 Å². The first kappa shape index (κ1) is 13.8. The lowest BCUT2D eigenvalue weighted by molar-refractivity contribution is -0.137. The molecule has 1 heterocycles. The van der Waals surface area contributed by atoms with Crippen LogP contribution in [0.5, 0.6) is 0 Å². The summed E-state index contributed by atoms with van der Waals surface area (Å²) in [6, 6.07) is 5.62. The number of hydrogen-bond acceptors (Lipinski definition) is 1. The molecule has 2 aromatic rings. The average molecular weight is 290 g/mol. The third kappa shape index (κ3) is 3.67. The number of aromatic nitrogens is 1. The van der Waals surface area contributed by atoms with Crippen molar-refractivity contribution >= 4 is 11.6 Å². The first-order valence-corrected chi connectivity index (χ1v) is 5.69. The predicted molar refractivity (Wildman–Crippen MR) is 63.5 cm³/mol. The Morgan fingerprint density at radius 1 is 1.05 bits per heavy atom. The van der Waals surface area contributed by atoms with Gasteiger partial charge in [-0.25, -0.2) is 9.37 Å². The fraction of sp³-hybridized carbons (Fsp3) is 0.154. The lowest BCUT2D eigenvalue weighted by Gasteiger charge is -2.09. The minimum absolute atomic E-state index is 0.156. The summed E-state index contributed by atoms with van der Waals surface area (Å²) in [6.07, 6.45) is -2.96. The normalized spacial score (nSPS) is 11.6. The smallest absolute Gasteiger partial charge is 0.245 e. The monoisotopic (exact) mass is 289 g/mol. The second-order valence-corrected chi connectivity index (χ2v) is 4.40. The van der Waals surface area contributed by atoms with Crippen molar-refractivity contribution in [2.75, 3.05) is 0 Å². The van der Waals surface area contributed by atoms with Gasteiger partial charge in [-0.3, -0.25) is 0 Å². The van der Waals surface area contributed by atoms with Crippen molar-refractivity contribution in [3.05, 3.63) is 64.2 Å². The van der Waals surface area contributed by atoms with E-state index >= 15 is 0 Å². The van der Waals surface area contributed by atoms with Crippen molar-refractivity contribution in [2.24, 2.45) is 0 Å². The van der Waals surface area contributed by atoms with E-state index in [1.807, 2.05) is 0 Å². The number of pyridine rings is 1. The van der Waals surface area contributed by atoms with Crippen molar-refractivity contribution in [2.45, 2.75) is 12.6 Å². The Morgan fingerprint density at radius 3 is 2.42 bits per heavy atom. The molecule has 0 radical (unpaired) electrons. The third-order valence-corrected chi connectivity index (χ3v) is 2.69. The molecule has 0 atom stereocenters. The highest BCUT2D eigenvalue weighted by Gasteiger charge is 2.31. The molecule has 0 unspecified atom stereocenters. The molecule has 0 aliphatic carbocycles. The Morgan fingerprint density at radius 2 is 1.79 bits per heavy atom. The minimum atomic E-state index is -4.56. The maximum Gasteiger partial charge on any atom is 0.416 e. The number of benzene rings is 1. The number of rotatable bonds is 2. The van der Waals surface area contributed by atoms with Gasteiger partial charge in [0.15, 0.2) is 0 Å². The van der Waals surface area contributed by atoms with Crippen LogP contribution in [0.2, 0.25) is 5.15 Å². The molecule has 0 fully saturated rings. The molecular weight excluding hydrogens is 282 g/mol. The summed E-state index contributed by atoms with van der Waals surface area (Å²) < 4.78 is 50.9. The molecule has 6 heteroatoms. The zero-order chi connectivity index (χ0) is 14.0. The molecule has 2 rings (SSSR count). The highest BCUT2D eigenvalue weighted by molar-refractivity contribution is 6.29. The van der Waals surface area contributed by atoms with E-state index in [1.165, 1.54) is 12.3 Å². The van der Waals surface area contributed by atoms with Crippen LogP contribution in [0, 0.1) is 5.82 Å². The van der Waals surface area contributed by atoms with Gasteiger partial charge >= 0.3 is 6.18 Å². The van der Waals surface area contributed by atoms with E-state index in [1.54, 1.807) is 6.07 Å². The Labute approximate surface area is 111 Å². The summed E-state index contributed by atoms with van der Waals surface area (Å²) in [5, 5.41) is 0.241. The van der Waals surface area contributed by atoms with Gasteiger partial charge in [-0.1, -0.05) is 11.6 Å². The van der Waals surface area contributed by atoms with Gasteiger partial charge < -0.3 is 0 Å². The minimum Gasteiger partial charge on any atom is -0.245 e. The number of hydrogen-bond donors (Lipinski definition) is 0. The molecule has 19 heavy (non-hydrogen) atoms. The lowest BCUT2D eigenvalue weighted by Crippen LogP contribution is -2.06. The van der Waals surface area contributed by atoms with Crippen LogP contribution in [-0.4, -0.2) is 4.98 Å². The van der Waals surface area contributed by atoms with E-state index in [4.69, 9.17) is 11.6 Å². The van der Waals surface area contributed by atoms with Crippen molar-refractivity contribution in [3.8, 4) is 0 Å². The molecular formula is C13H8ClF4N. The summed E-state index contributed by atoms with van der Waals surface area (Å²) >= 11 is 5.68. The molecule has 0 amide bonds. The topological polar surface area (TPSA) is 12.9 Å². The summed E-state index contributed by atoms with van der Waals surface area (Å²) in [4.78, 5) is 3.77. The van der Waals surface area contributed by atoms with Crippen molar-refractivity contribution in [1.82, 2.24) is 4.98 Å². The number of nitrogens with zero attached hydrogens (tertiary/aromatic N) is 1. The molecule has 1 aromatic carbocycles. The standard InChI is InChI=1S/C13H8ClF4N/c14-12-6-8(1-2-19-12)3-9-4-10(13(16,17)18)7-11(15)5-9/h1-2,4-7H,3H2. The molecule has 1 aromatic heterocycles. The molecule has 0 saturated carbocycles. The van der Waals surface area contributed by atoms with E-state index in [-0.39, 0.29) is 17.1 Å². The van der Waals surface area contributed by atoms with Crippen LogP contribution < -0.4 is 0 Å². The Hall–Kier alpha value is -1.62. The highest BCUT2D eigenvalue weighted by Crippen LogP contribution is 2.31. The van der Waals surface area contributed by atoms with Gasteiger partial charge in [0.05, 0.1) is 5.56 Å². The second kappa shape index (κ2) is 5.17. The second-order valence-electron chi connectivity index (χ2n) is 4.01. The zero-order valence-electron chi connectivity index (χ0n) is 9.51. The summed E-state index contributed by atoms with van der Waals surface area (Å²) in [6.45, 7) is 0. The van der Waals surface area contributed by atoms with Gasteiger partial charge in [-0.2, -0.15) is 13.2 Å². The highest BCUT2D eigenvalue weighted by atomic mass is 35.5. The summed E-state index contributed by atoms with van der Waals surface area (Å²) in [5.74, 6) is -0.912. The van der Waals surface area contributed by atoms with E-state index in [2.05, 4.69) is 4.98 Å². The maximum atomic E-state index is 13.2.